The van der Waals surface area contributed by atoms with Crippen molar-refractivity contribution >= 4 is 44.9 Å². The van der Waals surface area contributed by atoms with Gasteiger partial charge in [0.25, 0.3) is 0 Å². The van der Waals surface area contributed by atoms with E-state index in [1.807, 2.05) is 60.7 Å². The minimum atomic E-state index is -3.94. The molecule has 1 unspecified atom stereocenters. The van der Waals surface area contributed by atoms with Crippen molar-refractivity contribution in [2.45, 2.75) is 30.6 Å². The van der Waals surface area contributed by atoms with Crippen LogP contribution in [-0.4, -0.2) is 49.1 Å². The van der Waals surface area contributed by atoms with Crippen LogP contribution in [0.1, 0.15) is 24.0 Å². The third-order valence-corrected chi connectivity index (χ3v) is 8.62. The van der Waals surface area contributed by atoms with Gasteiger partial charge in [0, 0.05) is 19.5 Å². The Labute approximate surface area is 227 Å². The highest BCUT2D eigenvalue weighted by molar-refractivity contribution is 7.91. The summed E-state index contributed by atoms with van der Waals surface area (Å²) in [6.07, 6.45) is 0.763. The molecule has 3 rings (SSSR count). The summed E-state index contributed by atoms with van der Waals surface area (Å²) in [4.78, 5) is 26.7. The van der Waals surface area contributed by atoms with E-state index in [9.17, 15) is 23.1 Å². The molecule has 196 valence electrons. The first kappa shape index (κ1) is 28.7. The second-order valence-corrected chi connectivity index (χ2v) is 11.6. The van der Waals surface area contributed by atoms with E-state index >= 15 is 0 Å². The molecule has 6 nitrogen and oxygen atoms in total. The molecule has 37 heavy (non-hydrogen) atoms. The van der Waals surface area contributed by atoms with Crippen molar-refractivity contribution in [3.63, 3.8) is 0 Å². The SMILES string of the molecule is O=C(O)CCC(CS(=O)(=O)c1ccc(Cl)c(Cl)c1)C(=O)N(CCc1ccccc1)CCc1ccccc1. The molecule has 0 saturated carbocycles. The second-order valence-electron chi connectivity index (χ2n) is 8.78. The monoisotopic (exact) mass is 561 g/mol. The lowest BCUT2D eigenvalue weighted by Gasteiger charge is -2.28. The van der Waals surface area contributed by atoms with Gasteiger partial charge in [-0.1, -0.05) is 83.9 Å². The van der Waals surface area contributed by atoms with E-state index in [0.29, 0.717) is 25.9 Å². The molecule has 0 saturated heterocycles. The Morgan fingerprint density at radius 1 is 0.811 bits per heavy atom. The normalized spacial score (nSPS) is 12.2. The number of carboxylic acids is 1. The van der Waals surface area contributed by atoms with Gasteiger partial charge in [-0.05, 0) is 48.6 Å². The Bertz CT molecular complexity index is 1260. The molecule has 0 spiro atoms. The first-order valence-electron chi connectivity index (χ1n) is 11.9. The minimum Gasteiger partial charge on any atom is -0.481 e. The Hall–Kier alpha value is -2.87. The molecule has 3 aromatic rings. The van der Waals surface area contributed by atoms with Crippen molar-refractivity contribution in [1.82, 2.24) is 4.90 Å². The summed E-state index contributed by atoms with van der Waals surface area (Å²) >= 11 is 12.0. The van der Waals surface area contributed by atoms with Crippen molar-refractivity contribution in [3.8, 4) is 0 Å². The molecule has 9 heteroatoms. The van der Waals surface area contributed by atoms with E-state index in [4.69, 9.17) is 23.2 Å². The van der Waals surface area contributed by atoms with Gasteiger partial charge < -0.3 is 10.0 Å². The van der Waals surface area contributed by atoms with Crippen LogP contribution in [0.5, 0.6) is 0 Å². The van der Waals surface area contributed by atoms with Gasteiger partial charge in [-0.15, -0.1) is 0 Å². The van der Waals surface area contributed by atoms with Crippen molar-refractivity contribution in [3.05, 3.63) is 100 Å². The predicted molar refractivity (Wildman–Crippen MR) is 146 cm³/mol. The summed E-state index contributed by atoms with van der Waals surface area (Å²) in [5.74, 6) is -3.02. The fourth-order valence-electron chi connectivity index (χ4n) is 4.02. The van der Waals surface area contributed by atoms with Gasteiger partial charge in [-0.25, -0.2) is 8.42 Å². The summed E-state index contributed by atoms with van der Waals surface area (Å²) < 4.78 is 26.4. The highest BCUT2D eigenvalue weighted by Gasteiger charge is 2.31. The Kier molecular flexibility index (Phi) is 10.6. The highest BCUT2D eigenvalue weighted by Crippen LogP contribution is 2.27. The number of nitrogens with zero attached hydrogens (tertiary/aromatic N) is 1. The summed E-state index contributed by atoms with van der Waals surface area (Å²) in [5, 5.41) is 9.56. The summed E-state index contributed by atoms with van der Waals surface area (Å²) in [5.41, 5.74) is 2.09. The van der Waals surface area contributed by atoms with E-state index < -0.39 is 27.5 Å². The van der Waals surface area contributed by atoms with Crippen molar-refractivity contribution in [2.24, 2.45) is 5.92 Å². The standard InChI is InChI=1S/C28H29Cl2NO5S/c29-25-13-12-24(19-26(25)30)37(35,36)20-23(11-14-27(32)33)28(34)31(17-15-21-7-3-1-4-8-21)18-16-22-9-5-2-6-10-22/h1-10,12-13,19,23H,11,14-18,20H2,(H,32,33). The number of rotatable bonds is 13. The number of hydrogen-bond donors (Lipinski definition) is 1. The van der Waals surface area contributed by atoms with E-state index in [2.05, 4.69) is 0 Å². The molecule has 3 aromatic carbocycles. The van der Waals surface area contributed by atoms with Gasteiger partial charge in [0.2, 0.25) is 5.91 Å². The quantitative estimate of drug-likeness (QED) is 0.295. The van der Waals surface area contributed by atoms with Crippen LogP contribution in [0.3, 0.4) is 0 Å². The van der Waals surface area contributed by atoms with Crippen LogP contribution in [0.15, 0.2) is 83.8 Å². The molecular weight excluding hydrogens is 533 g/mol. The van der Waals surface area contributed by atoms with E-state index in [1.54, 1.807) is 4.90 Å². The molecule has 1 amide bonds. The second kappa shape index (κ2) is 13.6. The molecule has 0 aromatic heterocycles. The van der Waals surface area contributed by atoms with Gasteiger partial charge >= 0.3 is 5.97 Å². The zero-order valence-corrected chi connectivity index (χ0v) is 22.6. The summed E-state index contributed by atoms with van der Waals surface area (Å²) in [6.45, 7) is 0.762. The Morgan fingerprint density at radius 2 is 1.35 bits per heavy atom. The van der Waals surface area contributed by atoms with Gasteiger partial charge in [0.1, 0.15) is 0 Å². The van der Waals surface area contributed by atoms with E-state index in [1.165, 1.54) is 18.2 Å². The van der Waals surface area contributed by atoms with Crippen LogP contribution >= 0.6 is 23.2 Å². The first-order valence-corrected chi connectivity index (χ1v) is 14.3. The summed E-state index contributed by atoms with van der Waals surface area (Å²) in [6, 6.07) is 23.4. The minimum absolute atomic E-state index is 0.0600. The summed E-state index contributed by atoms with van der Waals surface area (Å²) in [7, 11) is -3.94. The number of carbonyl (C=O) groups is 2. The van der Waals surface area contributed by atoms with Gasteiger partial charge in [0.05, 0.1) is 26.6 Å². The van der Waals surface area contributed by atoms with E-state index in [-0.39, 0.29) is 33.7 Å². The molecular formula is C28H29Cl2NO5S. The zero-order chi connectivity index (χ0) is 26.8. The molecule has 0 aliphatic heterocycles. The number of hydrogen-bond acceptors (Lipinski definition) is 4. The van der Waals surface area contributed by atoms with Gasteiger partial charge in [-0.2, -0.15) is 0 Å². The van der Waals surface area contributed by atoms with Gasteiger partial charge in [-0.3, -0.25) is 9.59 Å². The molecule has 0 bridgehead atoms. The smallest absolute Gasteiger partial charge is 0.303 e. The van der Waals surface area contributed by atoms with Crippen LogP contribution in [-0.2, 0) is 32.3 Å². The van der Waals surface area contributed by atoms with E-state index in [0.717, 1.165) is 11.1 Å². The number of carbonyl (C=O) groups excluding carboxylic acids is 1. The average Bonchev–Trinajstić information content (AvgIpc) is 2.89. The largest absolute Gasteiger partial charge is 0.481 e. The lowest BCUT2D eigenvalue weighted by atomic mass is 10.0. The lowest BCUT2D eigenvalue weighted by Crippen LogP contribution is -2.41. The van der Waals surface area contributed by atoms with Crippen LogP contribution in [0.25, 0.3) is 0 Å². The molecule has 0 fully saturated rings. The lowest BCUT2D eigenvalue weighted by molar-refractivity contribution is -0.138. The Balaban J connectivity index is 1.85. The first-order chi connectivity index (χ1) is 17.7. The molecule has 0 radical (unpaired) electrons. The van der Waals surface area contributed by atoms with Crippen LogP contribution in [0, 0.1) is 5.92 Å². The maximum Gasteiger partial charge on any atom is 0.303 e. The topological polar surface area (TPSA) is 91.7 Å². The number of sulfone groups is 1. The Morgan fingerprint density at radius 3 is 1.84 bits per heavy atom. The number of benzene rings is 3. The fourth-order valence-corrected chi connectivity index (χ4v) is 5.98. The molecule has 1 N–H and O–H groups in total. The van der Waals surface area contributed by atoms with Crippen molar-refractivity contribution < 1.29 is 23.1 Å². The third kappa shape index (κ3) is 8.88. The fraction of sp³-hybridized carbons (Fsp3) is 0.286. The maximum atomic E-state index is 13.7. The number of halogens is 2. The zero-order valence-electron chi connectivity index (χ0n) is 20.2. The molecule has 0 aliphatic rings. The van der Waals surface area contributed by atoms with Crippen LogP contribution in [0.4, 0.5) is 0 Å². The highest BCUT2D eigenvalue weighted by atomic mass is 35.5. The van der Waals surface area contributed by atoms with Crippen LogP contribution in [0.2, 0.25) is 10.0 Å². The van der Waals surface area contributed by atoms with Gasteiger partial charge in [0.15, 0.2) is 9.84 Å². The van der Waals surface area contributed by atoms with Crippen molar-refractivity contribution in [2.75, 3.05) is 18.8 Å². The molecule has 0 aliphatic carbocycles. The van der Waals surface area contributed by atoms with Crippen LogP contribution < -0.4 is 0 Å². The number of amides is 1. The number of aliphatic carboxylic acids is 1. The molecule has 0 heterocycles. The third-order valence-electron chi connectivity index (χ3n) is 6.06. The molecule has 1 atom stereocenters. The average molecular weight is 563 g/mol. The number of carboxylic acid groups (broad SMARTS) is 1. The predicted octanol–water partition coefficient (Wildman–Crippen LogP) is 5.56. The van der Waals surface area contributed by atoms with Crippen molar-refractivity contribution in [1.29, 1.82) is 0 Å². The maximum absolute atomic E-state index is 13.7.